The lowest BCUT2D eigenvalue weighted by molar-refractivity contribution is 0.0772. The van der Waals surface area contributed by atoms with E-state index in [0.717, 1.165) is 12.1 Å². The minimum atomic E-state index is -4.18. The predicted octanol–water partition coefficient (Wildman–Crippen LogP) is 4.48. The van der Waals surface area contributed by atoms with Gasteiger partial charge in [0.25, 0.3) is 0 Å². The highest BCUT2D eigenvalue weighted by atomic mass is 35.5. The molecule has 8 heteroatoms. The van der Waals surface area contributed by atoms with Gasteiger partial charge in [-0.25, -0.2) is 17.2 Å². The average molecular weight is 443 g/mol. The fourth-order valence-corrected chi connectivity index (χ4v) is 7.47. The van der Waals surface area contributed by atoms with Gasteiger partial charge in [-0.1, -0.05) is 24.4 Å². The van der Waals surface area contributed by atoms with Crippen LogP contribution in [0.25, 0.3) is 0 Å². The minimum Gasteiger partial charge on any atom is -0.490 e. The highest BCUT2D eigenvalue weighted by molar-refractivity contribution is 7.92. The number of rotatable bonds is 3. The molecular formula is C21H21ClF2O4S. The van der Waals surface area contributed by atoms with E-state index in [1.807, 2.05) is 0 Å². The third-order valence-electron chi connectivity index (χ3n) is 6.27. The van der Waals surface area contributed by atoms with Crippen LogP contribution in [-0.2, 0) is 14.6 Å². The molecule has 4 rings (SSSR count). The topological polar surface area (TPSA) is 63.6 Å². The predicted molar refractivity (Wildman–Crippen MR) is 105 cm³/mol. The van der Waals surface area contributed by atoms with Crippen molar-refractivity contribution in [3.8, 4) is 5.75 Å². The van der Waals surface area contributed by atoms with E-state index in [2.05, 4.69) is 0 Å². The number of aliphatic hydroxyl groups is 1. The van der Waals surface area contributed by atoms with E-state index < -0.39 is 38.1 Å². The normalized spacial score (nSPS) is 26.8. The van der Waals surface area contributed by atoms with Gasteiger partial charge in [-0.2, -0.15) is 0 Å². The maximum Gasteiger partial charge on any atom is 0.188 e. The van der Waals surface area contributed by atoms with Gasteiger partial charge in [0.1, 0.15) is 10.6 Å². The third kappa shape index (κ3) is 3.05. The van der Waals surface area contributed by atoms with Crippen molar-refractivity contribution < 1.29 is 27.0 Å². The molecule has 1 fully saturated rings. The Morgan fingerprint density at radius 3 is 2.48 bits per heavy atom. The molecule has 4 nitrogen and oxygen atoms in total. The largest absolute Gasteiger partial charge is 0.490 e. The van der Waals surface area contributed by atoms with Crippen LogP contribution < -0.4 is 4.74 Å². The van der Waals surface area contributed by atoms with Gasteiger partial charge < -0.3 is 9.84 Å². The average Bonchev–Trinajstić information content (AvgIpc) is 2.91. The molecule has 2 aliphatic rings. The summed E-state index contributed by atoms with van der Waals surface area (Å²) in [4.78, 5) is -0.0120. The minimum absolute atomic E-state index is 0.0120. The van der Waals surface area contributed by atoms with Crippen molar-refractivity contribution in [2.24, 2.45) is 11.8 Å². The molecule has 1 N–H and O–H groups in total. The summed E-state index contributed by atoms with van der Waals surface area (Å²) in [6.07, 6.45) is 1.91. The highest BCUT2D eigenvalue weighted by Crippen LogP contribution is 2.57. The molecule has 1 aliphatic carbocycles. The molecule has 0 spiro atoms. The molecule has 0 amide bonds. The van der Waals surface area contributed by atoms with Gasteiger partial charge in [0.15, 0.2) is 21.4 Å². The van der Waals surface area contributed by atoms with Crippen LogP contribution in [0.5, 0.6) is 5.75 Å². The molecule has 0 saturated heterocycles. The summed E-state index contributed by atoms with van der Waals surface area (Å²) in [6, 6.07) is 7.57. The molecule has 1 aliphatic heterocycles. The van der Waals surface area contributed by atoms with Crippen molar-refractivity contribution in [3.63, 3.8) is 0 Å². The molecule has 29 heavy (non-hydrogen) atoms. The Kier molecular flexibility index (Phi) is 5.34. The van der Waals surface area contributed by atoms with Crippen LogP contribution in [0.2, 0.25) is 5.02 Å². The first-order valence-electron chi connectivity index (χ1n) is 9.55. The molecule has 2 aromatic rings. The monoisotopic (exact) mass is 442 g/mol. The molecule has 3 atom stereocenters. The fraction of sp³-hybridized carbons (Fsp3) is 0.429. The number of benzene rings is 2. The number of hydrogen-bond acceptors (Lipinski definition) is 4. The van der Waals surface area contributed by atoms with E-state index in [9.17, 15) is 17.9 Å². The van der Waals surface area contributed by atoms with Crippen molar-refractivity contribution in [1.82, 2.24) is 0 Å². The van der Waals surface area contributed by atoms with E-state index in [1.165, 1.54) is 24.3 Å². The summed E-state index contributed by atoms with van der Waals surface area (Å²) >= 11 is 5.92. The molecule has 0 aromatic heterocycles. The van der Waals surface area contributed by atoms with E-state index in [4.69, 9.17) is 16.3 Å². The van der Waals surface area contributed by atoms with Gasteiger partial charge in [0, 0.05) is 17.5 Å². The Morgan fingerprint density at radius 2 is 1.79 bits per heavy atom. The molecule has 1 heterocycles. The van der Waals surface area contributed by atoms with E-state index in [1.54, 1.807) is 0 Å². The highest BCUT2D eigenvalue weighted by Gasteiger charge is 2.59. The van der Waals surface area contributed by atoms with Crippen LogP contribution in [0.3, 0.4) is 0 Å². The second-order valence-electron chi connectivity index (χ2n) is 7.69. The summed E-state index contributed by atoms with van der Waals surface area (Å²) in [5, 5.41) is 10.4. The number of aliphatic hydroxyl groups excluding tert-OH is 1. The van der Waals surface area contributed by atoms with Gasteiger partial charge in [0.2, 0.25) is 0 Å². The molecule has 0 bridgehead atoms. The molecule has 0 radical (unpaired) electrons. The second-order valence-corrected chi connectivity index (χ2v) is 10.3. The third-order valence-corrected chi connectivity index (χ3v) is 9.08. The lowest BCUT2D eigenvalue weighted by Gasteiger charge is -2.46. The van der Waals surface area contributed by atoms with Crippen molar-refractivity contribution in [1.29, 1.82) is 0 Å². The SMILES string of the molecule is O=S(=O)(c1ccc(Cl)cc1)[C@]12CCCC[C@H](CO)[C@H]1COc1c(F)ccc(F)c12. The Labute approximate surface area is 173 Å². The van der Waals surface area contributed by atoms with Gasteiger partial charge in [-0.15, -0.1) is 0 Å². The molecule has 2 aromatic carbocycles. The molecule has 0 unspecified atom stereocenters. The first kappa shape index (κ1) is 20.6. The van der Waals surface area contributed by atoms with Crippen molar-refractivity contribution in [3.05, 3.63) is 58.6 Å². The fourth-order valence-electron chi connectivity index (χ4n) is 4.89. The lowest BCUT2D eigenvalue weighted by Crippen LogP contribution is -2.51. The quantitative estimate of drug-likeness (QED) is 0.761. The summed E-state index contributed by atoms with van der Waals surface area (Å²) in [5.74, 6) is -3.08. The number of ether oxygens (including phenoxy) is 1. The van der Waals surface area contributed by atoms with Crippen LogP contribution in [0.15, 0.2) is 41.3 Å². The lowest BCUT2D eigenvalue weighted by atomic mass is 9.74. The van der Waals surface area contributed by atoms with Gasteiger partial charge >= 0.3 is 0 Å². The van der Waals surface area contributed by atoms with Crippen LogP contribution >= 0.6 is 11.6 Å². The summed E-state index contributed by atoms with van der Waals surface area (Å²) < 4.78 is 61.6. The van der Waals surface area contributed by atoms with Crippen LogP contribution in [0.1, 0.15) is 31.2 Å². The standard InChI is InChI=1S/C21H21ClF2O4S/c22-14-4-6-15(7-5-14)29(26,27)21-10-2-1-3-13(11-25)16(21)12-28-20-18(24)9-8-17(23)19(20)21/h4-9,13,16,25H,1-3,10-12H2/t13-,16-,21-/m1/s1. The van der Waals surface area contributed by atoms with E-state index in [-0.39, 0.29) is 35.8 Å². The maximum atomic E-state index is 15.1. The number of sulfone groups is 1. The Morgan fingerprint density at radius 1 is 1.10 bits per heavy atom. The second kappa shape index (κ2) is 7.52. The smallest absolute Gasteiger partial charge is 0.188 e. The first-order valence-corrected chi connectivity index (χ1v) is 11.4. The summed E-state index contributed by atoms with van der Waals surface area (Å²) in [5.41, 5.74) is -0.260. The van der Waals surface area contributed by atoms with Gasteiger partial charge in [-0.05, 0) is 55.2 Å². The van der Waals surface area contributed by atoms with Crippen molar-refractivity contribution >= 4 is 21.4 Å². The Hall–Kier alpha value is -1.70. The van der Waals surface area contributed by atoms with Crippen LogP contribution in [0, 0.1) is 23.5 Å². The summed E-state index contributed by atoms with van der Waals surface area (Å²) in [7, 11) is -4.18. The van der Waals surface area contributed by atoms with E-state index in [0.29, 0.717) is 24.3 Å². The number of hydrogen-bond donors (Lipinski definition) is 1. The molecular weight excluding hydrogens is 422 g/mol. The Bertz CT molecular complexity index is 1030. The Balaban J connectivity index is 2.06. The van der Waals surface area contributed by atoms with Gasteiger partial charge in [0.05, 0.1) is 17.1 Å². The summed E-state index contributed by atoms with van der Waals surface area (Å²) in [6.45, 7) is -0.358. The van der Waals surface area contributed by atoms with Crippen LogP contribution in [-0.4, -0.2) is 26.7 Å². The van der Waals surface area contributed by atoms with Gasteiger partial charge in [-0.3, -0.25) is 0 Å². The van der Waals surface area contributed by atoms with Crippen LogP contribution in [0.4, 0.5) is 8.78 Å². The van der Waals surface area contributed by atoms with E-state index >= 15 is 4.39 Å². The molecule has 1 saturated carbocycles. The number of fused-ring (bicyclic) bond motifs is 3. The first-order chi connectivity index (χ1) is 13.8. The van der Waals surface area contributed by atoms with Crippen molar-refractivity contribution in [2.75, 3.05) is 13.2 Å². The zero-order valence-electron chi connectivity index (χ0n) is 15.6. The molecule has 156 valence electrons. The zero-order valence-corrected chi connectivity index (χ0v) is 17.1. The zero-order chi connectivity index (χ0) is 20.8. The van der Waals surface area contributed by atoms with Crippen molar-refractivity contribution in [2.45, 2.75) is 35.3 Å². The number of halogens is 3. The maximum absolute atomic E-state index is 15.1.